The molecule has 1 heterocycles. The predicted molar refractivity (Wildman–Crippen MR) is 101 cm³/mol. The van der Waals surface area contributed by atoms with Gasteiger partial charge < -0.3 is 10.1 Å². The first-order valence-electron chi connectivity index (χ1n) is 8.65. The zero-order valence-electron chi connectivity index (χ0n) is 16.3. The molecule has 0 atom stereocenters. The van der Waals surface area contributed by atoms with Gasteiger partial charge in [-0.25, -0.2) is 4.68 Å². The smallest absolute Gasteiger partial charge is 0.306 e. The van der Waals surface area contributed by atoms with E-state index in [4.69, 9.17) is 4.74 Å². The van der Waals surface area contributed by atoms with E-state index in [1.165, 1.54) is 5.56 Å². The second-order valence-corrected chi connectivity index (χ2v) is 7.74. The summed E-state index contributed by atoms with van der Waals surface area (Å²) in [7, 11) is 0. The lowest BCUT2D eigenvalue weighted by molar-refractivity contribution is -0.149. The van der Waals surface area contributed by atoms with Crippen LogP contribution in [0.3, 0.4) is 0 Å². The molecule has 1 amide bonds. The van der Waals surface area contributed by atoms with Gasteiger partial charge in [-0.05, 0) is 38.3 Å². The van der Waals surface area contributed by atoms with Crippen LogP contribution in [0.1, 0.15) is 44.1 Å². The number of aromatic nitrogens is 2. The maximum Gasteiger partial charge on any atom is 0.306 e. The molecule has 140 valence electrons. The lowest BCUT2D eigenvalue weighted by Gasteiger charge is -2.16. The van der Waals surface area contributed by atoms with E-state index in [-0.39, 0.29) is 30.3 Å². The van der Waals surface area contributed by atoms with Crippen LogP contribution in [0.2, 0.25) is 0 Å². The minimum Gasteiger partial charge on any atom is -0.456 e. The average Bonchev–Trinajstić information content (AvgIpc) is 2.80. The van der Waals surface area contributed by atoms with E-state index in [1.54, 1.807) is 4.68 Å². The van der Waals surface area contributed by atoms with Gasteiger partial charge in [-0.1, -0.05) is 38.5 Å². The highest BCUT2D eigenvalue weighted by Gasteiger charge is 2.19. The van der Waals surface area contributed by atoms with Crippen molar-refractivity contribution in [1.29, 1.82) is 0 Å². The normalized spacial score (nSPS) is 11.3. The molecule has 6 nitrogen and oxygen atoms in total. The Balaban J connectivity index is 2.04. The van der Waals surface area contributed by atoms with Crippen LogP contribution in [0.5, 0.6) is 0 Å². The Kier molecular flexibility index (Phi) is 5.85. The molecule has 2 rings (SSSR count). The predicted octanol–water partition coefficient (Wildman–Crippen LogP) is 3.72. The van der Waals surface area contributed by atoms with Gasteiger partial charge in [-0.15, -0.1) is 0 Å². The van der Waals surface area contributed by atoms with Crippen molar-refractivity contribution in [3.05, 3.63) is 41.2 Å². The summed E-state index contributed by atoms with van der Waals surface area (Å²) >= 11 is 0. The number of anilines is 1. The first-order chi connectivity index (χ1) is 12.1. The van der Waals surface area contributed by atoms with Gasteiger partial charge >= 0.3 is 5.97 Å². The summed E-state index contributed by atoms with van der Waals surface area (Å²) in [5.41, 5.74) is 4.09. The van der Waals surface area contributed by atoms with Crippen LogP contribution in [0.4, 0.5) is 5.69 Å². The fourth-order valence-corrected chi connectivity index (χ4v) is 2.57. The van der Waals surface area contributed by atoms with Gasteiger partial charge in [0.25, 0.3) is 5.91 Å². The van der Waals surface area contributed by atoms with E-state index in [0.29, 0.717) is 11.4 Å². The van der Waals surface area contributed by atoms with E-state index in [2.05, 4.69) is 10.4 Å². The molecule has 0 aliphatic heterocycles. The van der Waals surface area contributed by atoms with E-state index in [0.717, 1.165) is 11.4 Å². The van der Waals surface area contributed by atoms with Crippen LogP contribution in [-0.2, 0) is 14.3 Å². The van der Waals surface area contributed by atoms with Gasteiger partial charge in [0.15, 0.2) is 6.61 Å². The number of hydrogen-bond donors (Lipinski definition) is 1. The van der Waals surface area contributed by atoms with Gasteiger partial charge in [-0.3, -0.25) is 9.59 Å². The van der Waals surface area contributed by atoms with Gasteiger partial charge in [0.1, 0.15) is 0 Å². The molecule has 0 radical (unpaired) electrons. The van der Waals surface area contributed by atoms with E-state index < -0.39 is 0 Å². The first-order valence-corrected chi connectivity index (χ1v) is 8.65. The number of carbonyl (C=O) groups is 2. The Morgan fingerprint density at radius 2 is 1.73 bits per heavy atom. The molecular weight excluding hydrogens is 330 g/mol. The number of hydrogen-bond acceptors (Lipinski definition) is 4. The SMILES string of the molecule is Cc1ccc(-n2nc(C)c(NC(=O)COC(=O)CC(C)(C)C)c2C)cc1. The molecule has 1 aromatic carbocycles. The number of rotatable bonds is 5. The molecule has 1 aromatic heterocycles. The summed E-state index contributed by atoms with van der Waals surface area (Å²) in [5.74, 6) is -0.752. The molecule has 1 N–H and O–H groups in total. The molecule has 0 fully saturated rings. The van der Waals surface area contributed by atoms with Crippen LogP contribution in [-0.4, -0.2) is 28.3 Å². The Labute approximate surface area is 154 Å². The highest BCUT2D eigenvalue weighted by molar-refractivity contribution is 5.94. The number of amides is 1. The van der Waals surface area contributed by atoms with Crippen molar-refractivity contribution < 1.29 is 14.3 Å². The van der Waals surface area contributed by atoms with Gasteiger partial charge in [0, 0.05) is 0 Å². The Bertz CT molecular complexity index is 799. The fraction of sp³-hybridized carbons (Fsp3) is 0.450. The summed E-state index contributed by atoms with van der Waals surface area (Å²) < 4.78 is 6.85. The third-order valence-electron chi connectivity index (χ3n) is 3.87. The lowest BCUT2D eigenvalue weighted by Crippen LogP contribution is -2.23. The van der Waals surface area contributed by atoms with Crippen molar-refractivity contribution in [3.63, 3.8) is 0 Å². The van der Waals surface area contributed by atoms with Crippen LogP contribution in [0, 0.1) is 26.2 Å². The van der Waals surface area contributed by atoms with Crippen molar-refractivity contribution in [3.8, 4) is 5.69 Å². The third-order valence-corrected chi connectivity index (χ3v) is 3.87. The summed E-state index contributed by atoms with van der Waals surface area (Å²) in [6.07, 6.45) is 0.268. The van der Waals surface area contributed by atoms with Crippen molar-refractivity contribution >= 4 is 17.6 Å². The molecule has 2 aromatic rings. The average molecular weight is 357 g/mol. The molecule has 0 aliphatic carbocycles. The summed E-state index contributed by atoms with van der Waals surface area (Å²) in [6, 6.07) is 7.99. The Morgan fingerprint density at radius 3 is 2.31 bits per heavy atom. The fourth-order valence-electron chi connectivity index (χ4n) is 2.57. The van der Waals surface area contributed by atoms with Crippen LogP contribution >= 0.6 is 0 Å². The molecule has 0 spiro atoms. The number of benzene rings is 1. The van der Waals surface area contributed by atoms with Crippen molar-refractivity contribution in [1.82, 2.24) is 9.78 Å². The largest absolute Gasteiger partial charge is 0.456 e. The first kappa shape index (κ1) is 19.7. The van der Waals surface area contributed by atoms with Gasteiger partial charge in [-0.2, -0.15) is 5.10 Å². The zero-order chi connectivity index (χ0) is 19.5. The molecule has 0 saturated heterocycles. The van der Waals surface area contributed by atoms with E-state index in [9.17, 15) is 9.59 Å². The Morgan fingerprint density at radius 1 is 1.12 bits per heavy atom. The monoisotopic (exact) mass is 357 g/mol. The lowest BCUT2D eigenvalue weighted by atomic mass is 9.92. The van der Waals surface area contributed by atoms with Crippen molar-refractivity contribution in [2.45, 2.75) is 48.0 Å². The third kappa shape index (κ3) is 5.18. The number of carbonyl (C=O) groups excluding carboxylic acids is 2. The van der Waals surface area contributed by atoms with Crippen LogP contribution in [0.25, 0.3) is 5.69 Å². The maximum absolute atomic E-state index is 12.2. The summed E-state index contributed by atoms with van der Waals surface area (Å²) in [5, 5.41) is 7.30. The highest BCUT2D eigenvalue weighted by Crippen LogP contribution is 2.23. The van der Waals surface area contributed by atoms with Crippen molar-refractivity contribution in [2.24, 2.45) is 5.41 Å². The number of ether oxygens (including phenoxy) is 1. The standard InChI is InChI=1S/C20H27N3O3/c1-13-7-9-16(10-8-13)23-15(3)19(14(2)22-23)21-17(24)12-26-18(25)11-20(4,5)6/h7-10H,11-12H2,1-6H3,(H,21,24). The highest BCUT2D eigenvalue weighted by atomic mass is 16.5. The molecule has 26 heavy (non-hydrogen) atoms. The molecule has 0 unspecified atom stereocenters. The second kappa shape index (κ2) is 7.72. The van der Waals surface area contributed by atoms with E-state index >= 15 is 0 Å². The second-order valence-electron chi connectivity index (χ2n) is 7.74. The van der Waals surface area contributed by atoms with Crippen LogP contribution < -0.4 is 5.32 Å². The van der Waals surface area contributed by atoms with Gasteiger partial charge in [0.05, 0.1) is 29.2 Å². The molecular formula is C20H27N3O3. The summed E-state index contributed by atoms with van der Waals surface area (Å²) in [6.45, 7) is 11.3. The molecule has 6 heteroatoms. The van der Waals surface area contributed by atoms with Crippen LogP contribution in [0.15, 0.2) is 24.3 Å². The minimum atomic E-state index is -0.378. The molecule has 0 saturated carbocycles. The number of esters is 1. The minimum absolute atomic E-state index is 0.171. The number of nitrogens with zero attached hydrogens (tertiary/aromatic N) is 2. The quantitative estimate of drug-likeness (QED) is 0.828. The molecule has 0 bridgehead atoms. The zero-order valence-corrected chi connectivity index (χ0v) is 16.3. The van der Waals surface area contributed by atoms with E-state index in [1.807, 2.05) is 65.8 Å². The topological polar surface area (TPSA) is 73.2 Å². The summed E-state index contributed by atoms with van der Waals surface area (Å²) in [4.78, 5) is 23.9. The van der Waals surface area contributed by atoms with Crippen molar-refractivity contribution in [2.75, 3.05) is 11.9 Å². The number of aryl methyl sites for hydroxylation is 2. The molecule has 0 aliphatic rings. The maximum atomic E-state index is 12.2. The Hall–Kier alpha value is -2.63. The van der Waals surface area contributed by atoms with Gasteiger partial charge in [0.2, 0.25) is 0 Å². The number of nitrogens with one attached hydrogen (secondary N) is 1.